The highest BCUT2D eigenvalue weighted by Crippen LogP contribution is 2.36. The molecule has 0 saturated heterocycles. The quantitative estimate of drug-likeness (QED) is 0.493. The van der Waals surface area contributed by atoms with Crippen LogP contribution in [0.15, 0.2) is 42.0 Å². The Bertz CT molecular complexity index is 1040. The molecule has 0 saturated carbocycles. The van der Waals surface area contributed by atoms with Crippen LogP contribution < -0.4 is 4.74 Å². The Kier molecular flexibility index (Phi) is 7.84. The first-order chi connectivity index (χ1) is 15.6. The van der Waals surface area contributed by atoms with Gasteiger partial charge in [-0.2, -0.15) is 13.2 Å². The average molecular weight is 463 g/mol. The van der Waals surface area contributed by atoms with Crippen molar-refractivity contribution >= 4 is 11.5 Å². The smallest absolute Gasteiger partial charge is 0.416 e. The molecule has 0 aliphatic carbocycles. The van der Waals surface area contributed by atoms with E-state index in [1.807, 2.05) is 6.07 Å². The SMILES string of the molecule is Cc1ccc(C2=C(COc3ccc(CCC(=O)O)c(C(F)(F)F)c3)CCOC2)cc1C(C)C. The van der Waals surface area contributed by atoms with Gasteiger partial charge >= 0.3 is 12.1 Å². The van der Waals surface area contributed by atoms with E-state index in [0.29, 0.717) is 25.6 Å². The van der Waals surface area contributed by atoms with Crippen LogP contribution in [-0.2, 0) is 22.1 Å². The number of hydrogen-bond acceptors (Lipinski definition) is 3. The standard InChI is InChI=1S/C26H29F3O4/c1-16(2)22-12-19(5-4-17(22)3)23-15-32-11-10-20(23)14-33-21-8-6-18(7-9-25(30)31)24(13-21)26(27,28)29/h4-6,8,12-13,16H,7,9-11,14-15H2,1-3H3,(H,30,31). The van der Waals surface area contributed by atoms with Gasteiger partial charge in [0.1, 0.15) is 12.4 Å². The van der Waals surface area contributed by atoms with Crippen molar-refractivity contribution in [2.75, 3.05) is 19.8 Å². The van der Waals surface area contributed by atoms with E-state index < -0.39 is 17.7 Å². The molecule has 178 valence electrons. The second-order valence-corrected chi connectivity index (χ2v) is 8.61. The number of carboxylic acid groups (broad SMARTS) is 1. The Morgan fingerprint density at radius 3 is 2.61 bits per heavy atom. The molecule has 1 heterocycles. The zero-order valence-corrected chi connectivity index (χ0v) is 19.1. The molecule has 1 aliphatic heterocycles. The van der Waals surface area contributed by atoms with Crippen molar-refractivity contribution in [2.45, 2.75) is 52.1 Å². The predicted molar refractivity (Wildman–Crippen MR) is 121 cm³/mol. The molecule has 0 spiro atoms. The highest BCUT2D eigenvalue weighted by atomic mass is 19.4. The van der Waals surface area contributed by atoms with Crippen LogP contribution in [0.4, 0.5) is 13.2 Å². The zero-order chi connectivity index (χ0) is 24.2. The van der Waals surface area contributed by atoms with Crippen LogP contribution in [0, 0.1) is 6.92 Å². The first-order valence-electron chi connectivity index (χ1n) is 11.0. The molecule has 4 nitrogen and oxygen atoms in total. The van der Waals surface area contributed by atoms with Gasteiger partial charge in [0.25, 0.3) is 0 Å². The molecular weight excluding hydrogens is 433 g/mol. The summed E-state index contributed by atoms with van der Waals surface area (Å²) in [5.74, 6) is -0.666. The molecule has 0 fully saturated rings. The third-order valence-electron chi connectivity index (χ3n) is 5.88. The van der Waals surface area contributed by atoms with Gasteiger partial charge in [-0.15, -0.1) is 0 Å². The zero-order valence-electron chi connectivity index (χ0n) is 19.1. The Morgan fingerprint density at radius 2 is 1.94 bits per heavy atom. The molecule has 3 rings (SSSR count). The summed E-state index contributed by atoms with van der Waals surface area (Å²) in [6.45, 7) is 7.48. The lowest BCUT2D eigenvalue weighted by Gasteiger charge is -2.23. The number of carbonyl (C=O) groups is 1. The molecule has 1 aliphatic rings. The first-order valence-corrected chi connectivity index (χ1v) is 11.0. The van der Waals surface area contributed by atoms with Crippen LogP contribution in [0.3, 0.4) is 0 Å². The summed E-state index contributed by atoms with van der Waals surface area (Å²) in [7, 11) is 0. The topological polar surface area (TPSA) is 55.8 Å². The van der Waals surface area contributed by atoms with Crippen molar-refractivity contribution in [3.63, 3.8) is 0 Å². The maximum absolute atomic E-state index is 13.5. The fourth-order valence-corrected chi connectivity index (χ4v) is 4.06. The van der Waals surface area contributed by atoms with Crippen molar-refractivity contribution < 1.29 is 32.5 Å². The molecule has 1 N–H and O–H groups in total. The van der Waals surface area contributed by atoms with Crippen molar-refractivity contribution in [3.8, 4) is 5.75 Å². The van der Waals surface area contributed by atoms with Crippen LogP contribution in [0.5, 0.6) is 5.75 Å². The summed E-state index contributed by atoms with van der Waals surface area (Å²) in [6.07, 6.45) is -4.51. The van der Waals surface area contributed by atoms with Gasteiger partial charge in [0, 0.05) is 6.42 Å². The van der Waals surface area contributed by atoms with Crippen molar-refractivity contribution in [3.05, 3.63) is 69.8 Å². The van der Waals surface area contributed by atoms with Gasteiger partial charge < -0.3 is 14.6 Å². The minimum atomic E-state index is -4.59. The number of ether oxygens (including phenoxy) is 2. The number of aliphatic carboxylic acids is 1. The monoisotopic (exact) mass is 462 g/mol. The number of benzene rings is 2. The molecule has 0 bridgehead atoms. The molecule has 0 unspecified atom stereocenters. The molecule has 7 heteroatoms. The van der Waals surface area contributed by atoms with Crippen LogP contribution in [-0.4, -0.2) is 30.9 Å². The summed E-state index contributed by atoms with van der Waals surface area (Å²) < 4.78 is 52.1. The van der Waals surface area contributed by atoms with E-state index in [0.717, 1.165) is 22.8 Å². The molecule has 33 heavy (non-hydrogen) atoms. The van der Waals surface area contributed by atoms with Gasteiger partial charge in [-0.1, -0.05) is 38.1 Å². The van der Waals surface area contributed by atoms with E-state index >= 15 is 0 Å². The molecule has 2 aromatic carbocycles. The molecule has 0 amide bonds. The minimum absolute atomic E-state index is 0.0518. The lowest BCUT2D eigenvalue weighted by Crippen LogP contribution is -2.16. The molecule has 0 atom stereocenters. The van der Waals surface area contributed by atoms with E-state index in [1.54, 1.807) is 0 Å². The second kappa shape index (κ2) is 10.4. The van der Waals surface area contributed by atoms with Crippen LogP contribution in [0.25, 0.3) is 5.57 Å². The number of aryl methyl sites for hydroxylation is 2. The van der Waals surface area contributed by atoms with Gasteiger partial charge in [0.15, 0.2) is 0 Å². The maximum atomic E-state index is 13.5. The number of hydrogen-bond donors (Lipinski definition) is 1. The third-order valence-corrected chi connectivity index (χ3v) is 5.88. The molecule has 0 aromatic heterocycles. The minimum Gasteiger partial charge on any atom is -0.489 e. The van der Waals surface area contributed by atoms with Gasteiger partial charge in [-0.25, -0.2) is 0 Å². The average Bonchev–Trinajstić information content (AvgIpc) is 2.76. The van der Waals surface area contributed by atoms with E-state index in [1.165, 1.54) is 23.3 Å². The maximum Gasteiger partial charge on any atom is 0.416 e. The lowest BCUT2D eigenvalue weighted by atomic mass is 9.91. The van der Waals surface area contributed by atoms with E-state index in [4.69, 9.17) is 14.6 Å². The summed E-state index contributed by atoms with van der Waals surface area (Å²) >= 11 is 0. The Balaban J connectivity index is 1.86. The summed E-state index contributed by atoms with van der Waals surface area (Å²) in [5, 5.41) is 8.81. The second-order valence-electron chi connectivity index (χ2n) is 8.61. The van der Waals surface area contributed by atoms with Gasteiger partial charge in [-0.05, 0) is 71.2 Å². The fourth-order valence-electron chi connectivity index (χ4n) is 4.06. The van der Waals surface area contributed by atoms with E-state index in [9.17, 15) is 18.0 Å². The lowest BCUT2D eigenvalue weighted by molar-refractivity contribution is -0.140. The Morgan fingerprint density at radius 1 is 1.18 bits per heavy atom. The van der Waals surface area contributed by atoms with E-state index in [-0.39, 0.29) is 30.8 Å². The summed E-state index contributed by atoms with van der Waals surface area (Å²) in [4.78, 5) is 10.8. The fraction of sp³-hybridized carbons (Fsp3) is 0.423. The summed E-state index contributed by atoms with van der Waals surface area (Å²) in [5.41, 5.74) is 4.61. The largest absolute Gasteiger partial charge is 0.489 e. The van der Waals surface area contributed by atoms with Crippen LogP contribution in [0.1, 0.15) is 60.4 Å². The predicted octanol–water partition coefficient (Wildman–Crippen LogP) is 6.41. The number of halogens is 3. The van der Waals surface area contributed by atoms with Crippen molar-refractivity contribution in [2.24, 2.45) is 0 Å². The number of rotatable bonds is 8. The normalized spacial score (nSPS) is 14.6. The van der Waals surface area contributed by atoms with Crippen molar-refractivity contribution in [1.29, 1.82) is 0 Å². The Hall–Kier alpha value is -2.80. The Labute approximate surface area is 192 Å². The molecule has 0 radical (unpaired) electrons. The summed E-state index contributed by atoms with van der Waals surface area (Å²) in [6, 6.07) is 10.0. The number of carboxylic acids is 1. The van der Waals surface area contributed by atoms with Crippen LogP contribution in [0.2, 0.25) is 0 Å². The highest BCUT2D eigenvalue weighted by molar-refractivity contribution is 5.71. The van der Waals surface area contributed by atoms with Gasteiger partial charge in [0.2, 0.25) is 0 Å². The number of alkyl halides is 3. The molecule has 2 aromatic rings. The molecular formula is C26H29F3O4. The van der Waals surface area contributed by atoms with Gasteiger partial charge in [-0.3, -0.25) is 4.79 Å². The van der Waals surface area contributed by atoms with E-state index in [2.05, 4.69) is 32.9 Å². The third kappa shape index (κ3) is 6.38. The van der Waals surface area contributed by atoms with Gasteiger partial charge in [0.05, 0.1) is 18.8 Å². The van der Waals surface area contributed by atoms with Crippen molar-refractivity contribution in [1.82, 2.24) is 0 Å². The van der Waals surface area contributed by atoms with Crippen LogP contribution >= 0.6 is 0 Å². The highest BCUT2D eigenvalue weighted by Gasteiger charge is 2.34. The first kappa shape index (κ1) is 24.8.